The minimum atomic E-state index is -0.914. The zero-order valence-corrected chi connectivity index (χ0v) is 13.2. The number of hydrogen-bond acceptors (Lipinski definition) is 5. The van der Waals surface area contributed by atoms with Crippen molar-refractivity contribution in [2.75, 3.05) is 26.2 Å². The van der Waals surface area contributed by atoms with Crippen molar-refractivity contribution in [2.24, 2.45) is 5.92 Å². The summed E-state index contributed by atoms with van der Waals surface area (Å²) in [4.78, 5) is 24.4. The van der Waals surface area contributed by atoms with E-state index in [2.05, 4.69) is 5.32 Å². The Morgan fingerprint density at radius 2 is 1.95 bits per heavy atom. The van der Waals surface area contributed by atoms with Gasteiger partial charge in [0.15, 0.2) is 0 Å². The summed E-state index contributed by atoms with van der Waals surface area (Å²) < 4.78 is 5.26. The highest BCUT2D eigenvalue weighted by molar-refractivity contribution is 5.73. The van der Waals surface area contributed by atoms with Crippen molar-refractivity contribution in [1.82, 2.24) is 10.2 Å². The van der Waals surface area contributed by atoms with Gasteiger partial charge in [0.2, 0.25) is 0 Å². The lowest BCUT2D eigenvalue weighted by Crippen LogP contribution is -2.71. The summed E-state index contributed by atoms with van der Waals surface area (Å²) in [7, 11) is 0. The van der Waals surface area contributed by atoms with Gasteiger partial charge >= 0.3 is 12.1 Å². The van der Waals surface area contributed by atoms with E-state index in [4.69, 9.17) is 14.9 Å². The van der Waals surface area contributed by atoms with Gasteiger partial charge in [0.05, 0.1) is 12.0 Å². The molecule has 0 aromatic rings. The number of aliphatic carboxylic acids is 1. The fourth-order valence-corrected chi connectivity index (χ4v) is 2.17. The van der Waals surface area contributed by atoms with E-state index in [0.717, 1.165) is 0 Å². The molecule has 7 nitrogen and oxygen atoms in total. The zero-order chi connectivity index (χ0) is 16.3. The predicted molar refractivity (Wildman–Crippen MR) is 77.0 cm³/mol. The molecule has 1 saturated heterocycles. The van der Waals surface area contributed by atoms with E-state index in [1.54, 1.807) is 20.8 Å². The van der Waals surface area contributed by atoms with Gasteiger partial charge in [-0.3, -0.25) is 4.79 Å². The van der Waals surface area contributed by atoms with Crippen molar-refractivity contribution >= 4 is 12.1 Å². The van der Waals surface area contributed by atoms with Gasteiger partial charge in [-0.05, 0) is 26.7 Å². The molecule has 21 heavy (non-hydrogen) atoms. The molecule has 0 aromatic carbocycles. The highest BCUT2D eigenvalue weighted by atomic mass is 16.6. The van der Waals surface area contributed by atoms with E-state index in [1.165, 1.54) is 4.90 Å². The number of amides is 1. The number of ether oxygens (including phenoxy) is 1. The molecule has 1 aliphatic heterocycles. The Hall–Kier alpha value is -1.34. The van der Waals surface area contributed by atoms with Gasteiger partial charge in [-0.25, -0.2) is 4.79 Å². The number of aliphatic hydroxyl groups excluding tert-OH is 1. The van der Waals surface area contributed by atoms with E-state index in [9.17, 15) is 9.59 Å². The number of carboxylic acids is 1. The van der Waals surface area contributed by atoms with Crippen LogP contribution in [0.15, 0.2) is 0 Å². The molecule has 0 radical (unpaired) electrons. The molecule has 1 rings (SSSR count). The van der Waals surface area contributed by atoms with Crippen molar-refractivity contribution < 1.29 is 24.5 Å². The van der Waals surface area contributed by atoms with Crippen LogP contribution in [0.3, 0.4) is 0 Å². The van der Waals surface area contributed by atoms with Crippen LogP contribution in [-0.4, -0.2) is 64.6 Å². The topological polar surface area (TPSA) is 99.1 Å². The highest BCUT2D eigenvalue weighted by Crippen LogP contribution is 2.27. The second kappa shape index (κ2) is 6.62. The molecule has 1 unspecified atom stereocenters. The Labute approximate surface area is 125 Å². The SMILES string of the molecule is CC(CO)CNC1(CC(=O)O)CN(C(=O)OC(C)(C)C)C1. The molecule has 1 heterocycles. The molecule has 3 N–H and O–H groups in total. The highest BCUT2D eigenvalue weighted by Gasteiger charge is 2.47. The summed E-state index contributed by atoms with van der Waals surface area (Å²) in [5, 5.41) is 21.2. The fraction of sp³-hybridized carbons (Fsp3) is 0.857. The molecular weight excluding hydrogens is 276 g/mol. The third kappa shape index (κ3) is 5.51. The average molecular weight is 302 g/mol. The molecule has 0 bridgehead atoms. The number of hydrogen-bond donors (Lipinski definition) is 3. The normalized spacial score (nSPS) is 18.8. The van der Waals surface area contributed by atoms with Gasteiger partial charge < -0.3 is 25.2 Å². The number of nitrogens with one attached hydrogen (secondary N) is 1. The molecule has 1 aliphatic rings. The first kappa shape index (κ1) is 17.7. The summed E-state index contributed by atoms with van der Waals surface area (Å²) in [6, 6.07) is 0. The minimum Gasteiger partial charge on any atom is -0.481 e. The molecule has 1 atom stereocenters. The Morgan fingerprint density at radius 1 is 1.38 bits per heavy atom. The maximum atomic E-state index is 11.9. The number of aliphatic hydroxyl groups is 1. The zero-order valence-electron chi connectivity index (χ0n) is 13.2. The van der Waals surface area contributed by atoms with Crippen molar-refractivity contribution in [3.63, 3.8) is 0 Å². The van der Waals surface area contributed by atoms with Gasteiger partial charge in [-0.15, -0.1) is 0 Å². The number of nitrogens with zero attached hydrogens (tertiary/aromatic N) is 1. The second-order valence-electron chi connectivity index (χ2n) is 6.86. The molecule has 122 valence electrons. The van der Waals surface area contributed by atoms with Crippen molar-refractivity contribution in [2.45, 2.75) is 45.3 Å². The number of carboxylic acid groups (broad SMARTS) is 1. The van der Waals surface area contributed by atoms with Crippen molar-refractivity contribution in [1.29, 1.82) is 0 Å². The first-order chi connectivity index (χ1) is 9.57. The van der Waals surface area contributed by atoms with Crippen molar-refractivity contribution in [3.05, 3.63) is 0 Å². The number of rotatable bonds is 6. The van der Waals surface area contributed by atoms with Crippen molar-refractivity contribution in [3.8, 4) is 0 Å². The van der Waals surface area contributed by atoms with Gasteiger partial charge in [0, 0.05) is 26.2 Å². The fourth-order valence-electron chi connectivity index (χ4n) is 2.17. The number of carbonyl (C=O) groups is 2. The lowest BCUT2D eigenvalue weighted by atomic mass is 9.86. The Bertz CT molecular complexity index is 385. The first-order valence-corrected chi connectivity index (χ1v) is 7.12. The van der Waals surface area contributed by atoms with Crippen LogP contribution >= 0.6 is 0 Å². The van der Waals surface area contributed by atoms with Gasteiger partial charge in [-0.2, -0.15) is 0 Å². The quantitative estimate of drug-likeness (QED) is 0.667. The molecule has 1 fully saturated rings. The van der Waals surface area contributed by atoms with Crippen LogP contribution in [0.25, 0.3) is 0 Å². The molecule has 1 amide bonds. The van der Waals surface area contributed by atoms with Crippen LogP contribution in [0.1, 0.15) is 34.1 Å². The van der Waals surface area contributed by atoms with E-state index in [0.29, 0.717) is 19.6 Å². The molecular formula is C14H26N2O5. The number of carbonyl (C=O) groups excluding carboxylic acids is 1. The van der Waals surface area contributed by atoms with E-state index < -0.39 is 23.2 Å². The van der Waals surface area contributed by atoms with Crippen LogP contribution in [0.4, 0.5) is 4.79 Å². The summed E-state index contributed by atoms with van der Waals surface area (Å²) in [5.74, 6) is -0.880. The largest absolute Gasteiger partial charge is 0.481 e. The van der Waals surface area contributed by atoms with Crippen LogP contribution in [-0.2, 0) is 9.53 Å². The van der Waals surface area contributed by atoms with E-state index in [-0.39, 0.29) is 18.9 Å². The molecule has 7 heteroatoms. The number of likely N-dealkylation sites (tertiary alicyclic amines) is 1. The maximum absolute atomic E-state index is 11.9. The van der Waals surface area contributed by atoms with Gasteiger partial charge in [-0.1, -0.05) is 6.92 Å². The van der Waals surface area contributed by atoms with E-state index in [1.807, 2.05) is 6.92 Å². The Kier molecular flexibility index (Phi) is 5.58. The predicted octanol–water partition coefficient (Wildman–Crippen LogP) is 0.669. The third-order valence-electron chi connectivity index (χ3n) is 3.27. The smallest absolute Gasteiger partial charge is 0.410 e. The van der Waals surface area contributed by atoms with Crippen LogP contribution < -0.4 is 5.32 Å². The molecule has 0 saturated carbocycles. The Balaban J connectivity index is 2.57. The summed E-state index contributed by atoms with van der Waals surface area (Å²) >= 11 is 0. The van der Waals surface area contributed by atoms with Gasteiger partial charge in [0.1, 0.15) is 5.60 Å². The lowest BCUT2D eigenvalue weighted by molar-refractivity contribution is -0.141. The van der Waals surface area contributed by atoms with Crippen LogP contribution in [0.5, 0.6) is 0 Å². The van der Waals surface area contributed by atoms with E-state index >= 15 is 0 Å². The average Bonchev–Trinajstić information content (AvgIpc) is 2.28. The summed E-state index contributed by atoms with van der Waals surface area (Å²) in [6.45, 7) is 8.37. The monoisotopic (exact) mass is 302 g/mol. The van der Waals surface area contributed by atoms with Crippen LogP contribution in [0, 0.1) is 5.92 Å². The maximum Gasteiger partial charge on any atom is 0.410 e. The lowest BCUT2D eigenvalue weighted by Gasteiger charge is -2.50. The standard InChI is InChI=1S/C14H26N2O5/c1-10(7-17)6-15-14(5-11(18)19)8-16(9-14)12(20)21-13(2,3)4/h10,15,17H,5-9H2,1-4H3,(H,18,19). The molecule has 0 aliphatic carbocycles. The third-order valence-corrected chi connectivity index (χ3v) is 3.27. The second-order valence-corrected chi connectivity index (χ2v) is 6.86. The molecule has 0 spiro atoms. The molecule has 0 aromatic heterocycles. The summed E-state index contributed by atoms with van der Waals surface area (Å²) in [6.07, 6.45) is -0.495. The van der Waals surface area contributed by atoms with Gasteiger partial charge in [0.25, 0.3) is 0 Å². The first-order valence-electron chi connectivity index (χ1n) is 7.12. The van der Waals surface area contributed by atoms with Crippen LogP contribution in [0.2, 0.25) is 0 Å². The summed E-state index contributed by atoms with van der Waals surface area (Å²) in [5.41, 5.74) is -1.20. The Morgan fingerprint density at radius 3 is 2.38 bits per heavy atom. The minimum absolute atomic E-state index is 0.0336.